The Labute approximate surface area is 253 Å². The Morgan fingerprint density at radius 3 is 2.20 bits per heavy atom. The highest BCUT2D eigenvalue weighted by Crippen LogP contribution is 2.28. The number of ketones is 2. The second-order valence-corrected chi connectivity index (χ2v) is 10.9. The van der Waals surface area contributed by atoms with Crippen molar-refractivity contribution in [1.29, 1.82) is 0 Å². The van der Waals surface area contributed by atoms with Crippen molar-refractivity contribution in [3.63, 3.8) is 0 Å². The second-order valence-electron chi connectivity index (χ2n) is 10.9. The van der Waals surface area contributed by atoms with E-state index >= 15 is 0 Å². The van der Waals surface area contributed by atoms with E-state index in [9.17, 15) is 39.3 Å². The first-order valence-corrected chi connectivity index (χ1v) is 13.9. The van der Waals surface area contributed by atoms with Gasteiger partial charge in [-0.1, -0.05) is 24.3 Å². The molecular weight excluding hydrogens is 584 g/mol. The van der Waals surface area contributed by atoms with Crippen molar-refractivity contribution >= 4 is 28.6 Å². The zero-order chi connectivity index (χ0) is 32.2. The first-order chi connectivity index (χ1) is 21.4. The molecule has 0 aromatic heterocycles. The van der Waals surface area contributed by atoms with Crippen LogP contribution in [0.25, 0.3) is 22.6 Å². The van der Waals surface area contributed by atoms with E-state index in [1.807, 2.05) is 13.8 Å². The molecular formula is C32H26N4O9. The molecule has 0 amide bonds. The van der Waals surface area contributed by atoms with Crippen LogP contribution in [-0.2, 0) is 11.3 Å². The summed E-state index contributed by atoms with van der Waals surface area (Å²) in [5, 5.41) is 32.3. The van der Waals surface area contributed by atoms with E-state index in [2.05, 4.69) is 15.0 Å². The van der Waals surface area contributed by atoms with Crippen LogP contribution < -0.4 is 11.2 Å². The predicted molar refractivity (Wildman–Crippen MR) is 159 cm³/mol. The normalized spacial score (nSPS) is 14.6. The van der Waals surface area contributed by atoms with E-state index in [1.54, 1.807) is 30.3 Å². The number of aliphatic hydroxyl groups is 3. The fourth-order valence-corrected chi connectivity index (χ4v) is 5.36. The van der Waals surface area contributed by atoms with E-state index in [-0.39, 0.29) is 45.1 Å². The number of rotatable bonds is 7. The maximum Gasteiger partial charge on any atom is 0.349 e. The molecule has 0 unspecified atom stereocenters. The van der Waals surface area contributed by atoms with E-state index in [1.165, 1.54) is 28.8 Å². The second kappa shape index (κ2) is 11.3. The molecule has 2 heterocycles. The number of fused-ring (bicyclic) bond motifs is 4. The number of aromatic amines is 1. The van der Waals surface area contributed by atoms with Crippen molar-refractivity contribution < 1.29 is 34.4 Å². The van der Waals surface area contributed by atoms with Crippen LogP contribution in [0.15, 0.2) is 64.2 Å². The number of aromatic nitrogens is 4. The fourth-order valence-electron chi connectivity index (χ4n) is 5.36. The largest absolute Gasteiger partial charge is 0.459 e. The number of hydrogen-bond acceptors (Lipinski definition) is 11. The van der Waals surface area contributed by atoms with Gasteiger partial charge in [0.25, 0.3) is 5.56 Å². The number of nitrogens with one attached hydrogen (secondary N) is 1. The predicted octanol–water partition coefficient (Wildman–Crippen LogP) is 0.917. The minimum Gasteiger partial charge on any atom is -0.459 e. The zero-order valence-corrected chi connectivity index (χ0v) is 24.0. The molecule has 3 atom stereocenters. The third-order valence-electron chi connectivity index (χ3n) is 7.93. The Kier molecular flexibility index (Phi) is 7.44. The van der Waals surface area contributed by atoms with Gasteiger partial charge in [-0.15, -0.1) is 0 Å². The first kappa shape index (κ1) is 29.7. The van der Waals surface area contributed by atoms with Crippen molar-refractivity contribution in [3.05, 3.63) is 114 Å². The van der Waals surface area contributed by atoms with Crippen LogP contribution in [0, 0.1) is 13.8 Å². The van der Waals surface area contributed by atoms with Crippen molar-refractivity contribution in [2.24, 2.45) is 0 Å². The number of aryl methyl sites for hydroxylation is 2. The first-order valence-electron chi connectivity index (χ1n) is 13.9. The monoisotopic (exact) mass is 610 g/mol. The van der Waals surface area contributed by atoms with Crippen LogP contribution >= 0.6 is 0 Å². The molecule has 13 heteroatoms. The Hall–Kier alpha value is -5.37. The van der Waals surface area contributed by atoms with Crippen molar-refractivity contribution in [3.8, 4) is 11.5 Å². The molecule has 45 heavy (non-hydrogen) atoms. The lowest BCUT2D eigenvalue weighted by molar-refractivity contribution is -0.0835. The summed E-state index contributed by atoms with van der Waals surface area (Å²) in [6.45, 7) is 2.55. The SMILES string of the molecule is Cc1cc2nc3c(=O)[nH]c(=O)nc-3n(C[C@H](O)[C@H](O)[C@H](O)COC(=O)c3ccc4c(c3)C(=O)c3ccccc3C4=O)c2cc1C. The number of carbonyl (C=O) groups is 3. The van der Waals surface area contributed by atoms with Crippen molar-refractivity contribution in [2.45, 2.75) is 38.7 Å². The summed E-state index contributed by atoms with van der Waals surface area (Å²) in [5.41, 5.74) is 1.28. The fraction of sp³-hybridized carbons (Fsp3) is 0.219. The maximum atomic E-state index is 13.0. The third kappa shape index (κ3) is 5.22. The molecule has 2 aliphatic heterocycles. The van der Waals surface area contributed by atoms with Gasteiger partial charge in [-0.05, 0) is 55.3 Å². The van der Waals surface area contributed by atoms with E-state index in [0.717, 1.165) is 11.1 Å². The third-order valence-corrected chi connectivity index (χ3v) is 7.93. The van der Waals surface area contributed by atoms with Gasteiger partial charge in [-0.3, -0.25) is 19.4 Å². The number of H-pyrrole nitrogens is 1. The summed E-state index contributed by atoms with van der Waals surface area (Å²) >= 11 is 0. The standard InChI is InChI=1S/C32H26N4O9/c1-14-9-21-22(10-15(14)2)36(29-25(33-21)30(42)35-32(44)34-29)12-23(37)28(41)24(38)13-45-31(43)16-7-8-19-20(11-16)27(40)18-6-4-3-5-17(18)26(19)39/h3-11,23-24,28,37-38,41H,12-13H2,1-2H3,(H,35,42,44)/t23-,24+,28-/m0/s1. The summed E-state index contributed by atoms with van der Waals surface area (Å²) < 4.78 is 6.52. The Balaban J connectivity index is 1.20. The highest BCUT2D eigenvalue weighted by atomic mass is 16.5. The molecule has 13 nitrogen and oxygen atoms in total. The number of esters is 1. The molecule has 0 spiro atoms. The van der Waals surface area contributed by atoms with Crippen LogP contribution in [0.2, 0.25) is 0 Å². The van der Waals surface area contributed by atoms with Gasteiger partial charge < -0.3 is 24.6 Å². The van der Waals surface area contributed by atoms with Crippen LogP contribution in [0.3, 0.4) is 0 Å². The van der Waals surface area contributed by atoms with Crippen molar-refractivity contribution in [1.82, 2.24) is 19.5 Å². The van der Waals surface area contributed by atoms with Gasteiger partial charge >= 0.3 is 11.7 Å². The summed E-state index contributed by atoms with van der Waals surface area (Å²) in [4.78, 5) is 73.4. The van der Waals surface area contributed by atoms with Crippen molar-refractivity contribution in [2.75, 3.05) is 6.61 Å². The van der Waals surface area contributed by atoms with Gasteiger partial charge in [-0.2, -0.15) is 4.98 Å². The maximum absolute atomic E-state index is 13.0. The van der Waals surface area contributed by atoms with Crippen LogP contribution in [0.4, 0.5) is 0 Å². The highest BCUT2D eigenvalue weighted by molar-refractivity contribution is 6.28. The van der Waals surface area contributed by atoms with Gasteiger partial charge in [0, 0.05) is 22.3 Å². The molecule has 6 rings (SSSR count). The Morgan fingerprint density at radius 1 is 0.844 bits per heavy atom. The molecule has 0 fully saturated rings. The van der Waals surface area contributed by atoms with E-state index < -0.39 is 54.5 Å². The van der Waals surface area contributed by atoms with Gasteiger partial charge in [0.05, 0.1) is 23.1 Å². The lowest BCUT2D eigenvalue weighted by Crippen LogP contribution is -2.43. The van der Waals surface area contributed by atoms with E-state index in [4.69, 9.17) is 4.74 Å². The summed E-state index contributed by atoms with van der Waals surface area (Å²) in [6.07, 6.45) is -5.28. The Bertz CT molecular complexity index is 2130. The highest BCUT2D eigenvalue weighted by Gasteiger charge is 2.32. The lowest BCUT2D eigenvalue weighted by atomic mass is 9.83. The molecule has 3 aromatic carbocycles. The molecule has 0 saturated heterocycles. The summed E-state index contributed by atoms with van der Waals surface area (Å²) in [7, 11) is 0. The minimum absolute atomic E-state index is 0.0390. The molecule has 1 aliphatic carbocycles. The van der Waals surface area contributed by atoms with Crippen LogP contribution in [-0.4, -0.2) is 77.3 Å². The Morgan fingerprint density at radius 2 is 1.49 bits per heavy atom. The minimum atomic E-state index is -1.84. The summed E-state index contributed by atoms with van der Waals surface area (Å²) in [5.74, 6) is -1.84. The molecule has 0 saturated carbocycles. The summed E-state index contributed by atoms with van der Waals surface area (Å²) in [6, 6.07) is 13.7. The quantitative estimate of drug-likeness (QED) is 0.148. The number of carbonyl (C=O) groups excluding carboxylic acids is 3. The average molecular weight is 611 g/mol. The molecule has 0 bridgehead atoms. The number of hydrogen-bond donors (Lipinski definition) is 4. The topological polar surface area (TPSA) is 202 Å². The van der Waals surface area contributed by atoms with Crippen LogP contribution in [0.1, 0.15) is 53.3 Å². The molecule has 3 aliphatic rings. The van der Waals surface area contributed by atoms with E-state index in [0.29, 0.717) is 11.0 Å². The van der Waals surface area contributed by atoms with Gasteiger partial charge in [0.2, 0.25) is 0 Å². The molecule has 3 aromatic rings. The number of nitrogens with zero attached hydrogens (tertiary/aromatic N) is 3. The average Bonchev–Trinajstić information content (AvgIpc) is 3.02. The van der Waals surface area contributed by atoms with Crippen LogP contribution in [0.5, 0.6) is 0 Å². The smallest absolute Gasteiger partial charge is 0.349 e. The number of benzene rings is 3. The zero-order valence-electron chi connectivity index (χ0n) is 24.0. The molecule has 0 radical (unpaired) electrons. The molecule has 228 valence electrons. The molecule has 4 N–H and O–H groups in total. The lowest BCUT2D eigenvalue weighted by Gasteiger charge is -2.25. The van der Waals surface area contributed by atoms with Gasteiger partial charge in [0.1, 0.15) is 24.9 Å². The number of ether oxygens (including phenoxy) is 1. The van der Waals surface area contributed by atoms with Gasteiger partial charge in [0.15, 0.2) is 23.1 Å². The van der Waals surface area contributed by atoms with Gasteiger partial charge in [-0.25, -0.2) is 14.6 Å². The number of aliphatic hydroxyl groups excluding tert-OH is 3.